The summed E-state index contributed by atoms with van der Waals surface area (Å²) in [6.45, 7) is 0. The van der Waals surface area contributed by atoms with E-state index in [1.807, 2.05) is 0 Å². The zero-order valence-corrected chi connectivity index (χ0v) is 15.3. The van der Waals surface area contributed by atoms with Gasteiger partial charge in [0, 0.05) is 0 Å². The van der Waals surface area contributed by atoms with Gasteiger partial charge in [-0.05, 0) is 0 Å². The zero-order chi connectivity index (χ0) is 27.4. The summed E-state index contributed by atoms with van der Waals surface area (Å²) in [7, 11) is 0. The van der Waals surface area contributed by atoms with E-state index in [9.17, 15) is 75.0 Å². The maximum atomic E-state index is 13.7. The molecule has 194 valence electrons. The van der Waals surface area contributed by atoms with Crippen molar-refractivity contribution in [1.29, 1.82) is 0 Å². The molecule has 0 aliphatic carbocycles. The molecule has 0 saturated carbocycles. The van der Waals surface area contributed by atoms with E-state index < -0.39 is 93.6 Å². The van der Waals surface area contributed by atoms with Crippen LogP contribution in [-0.2, 0) is 4.79 Å². The van der Waals surface area contributed by atoms with Crippen molar-refractivity contribution >= 4 is 5.97 Å². The number of carbonyl (C=O) groups excluding carboxylic acids is 1. The van der Waals surface area contributed by atoms with Gasteiger partial charge in [0.1, 0.15) is 0 Å². The van der Waals surface area contributed by atoms with E-state index in [-0.39, 0.29) is 0 Å². The fourth-order valence-electron chi connectivity index (χ4n) is 2.22. The largest absolute Gasteiger partial charge is 0.453 e. The number of esters is 1. The monoisotopic (exact) mass is 544 g/mol. The third-order valence-electron chi connectivity index (χ3n) is 3.87. The number of carbonyl (C=O) groups is 1. The third-order valence-corrected chi connectivity index (χ3v) is 3.87. The Balaban J connectivity index is 2.85. The molecule has 0 atom stereocenters. The number of benzene rings is 2. The molecule has 0 unspecified atom stereocenters. The first-order valence-corrected chi connectivity index (χ1v) is 7.79. The van der Waals surface area contributed by atoms with Crippen LogP contribution in [0.3, 0.4) is 0 Å². The second kappa shape index (κ2) is 8.67. The lowest BCUT2D eigenvalue weighted by molar-refractivity contribution is -0.345. The van der Waals surface area contributed by atoms with Crippen LogP contribution in [0, 0.1) is 58.2 Å². The molecule has 0 heterocycles. The van der Waals surface area contributed by atoms with Gasteiger partial charge in [0.05, 0.1) is 0 Å². The van der Waals surface area contributed by atoms with Crippen molar-refractivity contribution in [3.05, 3.63) is 58.2 Å². The minimum absolute atomic E-state index is 2.88. The second-order valence-electron chi connectivity index (χ2n) is 5.97. The molecule has 0 amide bonds. The lowest BCUT2D eigenvalue weighted by atomic mass is 10.0. The van der Waals surface area contributed by atoms with E-state index in [1.165, 1.54) is 0 Å². The number of halogens is 16. The van der Waals surface area contributed by atoms with E-state index in [0.717, 1.165) is 0 Å². The summed E-state index contributed by atoms with van der Waals surface area (Å²) >= 11 is 0. The molecule has 0 N–H and O–H groups in total. The fraction of sp³-hybridized carbons (Fsp3) is 0.188. The SMILES string of the molecule is O=C(Oc1c(F)c(F)c(F)c(F)c1F)C(Oc1c(F)c(F)c(F)c(F)c1F)(C(F)(F)F)C(F)(F)F. The van der Waals surface area contributed by atoms with Crippen molar-refractivity contribution in [3.63, 3.8) is 0 Å². The van der Waals surface area contributed by atoms with Gasteiger partial charge in [0.2, 0.25) is 63.9 Å². The van der Waals surface area contributed by atoms with Crippen LogP contribution in [0.2, 0.25) is 0 Å². The maximum absolute atomic E-state index is 13.7. The minimum atomic E-state index is -7.35. The summed E-state index contributed by atoms with van der Waals surface area (Å²) in [6.07, 6.45) is -14.7. The van der Waals surface area contributed by atoms with Crippen LogP contribution >= 0.6 is 0 Å². The molecule has 0 aliphatic rings. The smallest absolute Gasteiger partial charge is 0.449 e. The van der Waals surface area contributed by atoms with E-state index in [0.29, 0.717) is 0 Å². The van der Waals surface area contributed by atoms with E-state index in [1.54, 1.807) is 0 Å². The number of ether oxygens (including phenoxy) is 2. The first-order chi connectivity index (χ1) is 15.7. The standard InChI is InChI=1S/C16F16O3/c17-1-3(19)7(23)11(8(24)4(1)20)34-13(33)14(15(27,28)29,16(30,31)32)35-12-9(25)5(21)2(18)6(22)10(12)26. The third kappa shape index (κ3) is 4.15. The first kappa shape index (κ1) is 27.8. The molecule has 2 aromatic carbocycles. The van der Waals surface area contributed by atoms with Gasteiger partial charge in [0.25, 0.3) is 0 Å². The highest BCUT2D eigenvalue weighted by atomic mass is 19.4. The molecule has 0 aromatic heterocycles. The van der Waals surface area contributed by atoms with Crippen LogP contribution in [0.4, 0.5) is 70.2 Å². The van der Waals surface area contributed by atoms with E-state index in [2.05, 4.69) is 9.47 Å². The summed E-state index contributed by atoms with van der Waals surface area (Å²) in [6, 6.07) is 0. The number of hydrogen-bond donors (Lipinski definition) is 0. The van der Waals surface area contributed by atoms with Crippen molar-refractivity contribution in [3.8, 4) is 11.5 Å². The quantitative estimate of drug-likeness (QED) is 0.158. The van der Waals surface area contributed by atoms with Crippen LogP contribution in [-0.4, -0.2) is 23.9 Å². The Hall–Kier alpha value is -3.41. The molecule has 19 heteroatoms. The Morgan fingerprint density at radius 3 is 1.00 bits per heavy atom. The number of alkyl halides is 6. The van der Waals surface area contributed by atoms with Crippen LogP contribution in [0.5, 0.6) is 11.5 Å². The molecule has 35 heavy (non-hydrogen) atoms. The average molecular weight is 544 g/mol. The Morgan fingerprint density at radius 1 is 0.457 bits per heavy atom. The average Bonchev–Trinajstić information content (AvgIpc) is 2.74. The predicted octanol–water partition coefficient (Wildman–Crippen LogP) is 5.93. The Kier molecular flexibility index (Phi) is 6.89. The highest BCUT2D eigenvalue weighted by molar-refractivity contribution is 5.84. The molecular weight excluding hydrogens is 544 g/mol. The van der Waals surface area contributed by atoms with Gasteiger partial charge in [-0.15, -0.1) is 0 Å². The summed E-state index contributed by atoms with van der Waals surface area (Å²) in [4.78, 5) is 11.8. The highest BCUT2D eigenvalue weighted by Gasteiger charge is 2.80. The molecule has 0 fully saturated rings. The van der Waals surface area contributed by atoms with Gasteiger partial charge in [-0.3, -0.25) is 0 Å². The lowest BCUT2D eigenvalue weighted by Gasteiger charge is -2.34. The van der Waals surface area contributed by atoms with Gasteiger partial charge < -0.3 is 9.47 Å². The predicted molar refractivity (Wildman–Crippen MR) is 73.6 cm³/mol. The normalized spacial score (nSPS) is 12.7. The Labute approximate surface area is 179 Å². The molecule has 0 saturated heterocycles. The van der Waals surface area contributed by atoms with Gasteiger partial charge in [0.15, 0.2) is 5.75 Å². The summed E-state index contributed by atoms with van der Waals surface area (Å²) in [5.41, 5.74) is -6.85. The van der Waals surface area contributed by atoms with Crippen molar-refractivity contribution in [2.75, 3.05) is 0 Å². The fourth-order valence-corrected chi connectivity index (χ4v) is 2.22. The first-order valence-electron chi connectivity index (χ1n) is 7.79. The molecule has 0 bridgehead atoms. The molecule has 2 aromatic rings. The van der Waals surface area contributed by atoms with Gasteiger partial charge in [-0.25, -0.2) is 31.1 Å². The Bertz CT molecular complexity index is 1130. The molecule has 0 radical (unpaired) electrons. The van der Waals surface area contributed by atoms with Crippen LogP contribution in [0.1, 0.15) is 0 Å². The zero-order valence-electron chi connectivity index (χ0n) is 15.3. The van der Waals surface area contributed by atoms with Crippen molar-refractivity contribution < 1.29 is 84.5 Å². The van der Waals surface area contributed by atoms with Crippen LogP contribution < -0.4 is 9.47 Å². The molecular formula is C16F16O3. The molecule has 2 rings (SSSR count). The summed E-state index contributed by atoms with van der Waals surface area (Å²) < 4.78 is 220. The molecule has 3 nitrogen and oxygen atoms in total. The van der Waals surface area contributed by atoms with Gasteiger partial charge in [-0.1, -0.05) is 0 Å². The van der Waals surface area contributed by atoms with E-state index in [4.69, 9.17) is 0 Å². The highest BCUT2D eigenvalue weighted by Crippen LogP contribution is 2.49. The van der Waals surface area contributed by atoms with E-state index >= 15 is 0 Å². The molecule has 0 spiro atoms. The van der Waals surface area contributed by atoms with Crippen molar-refractivity contribution in [1.82, 2.24) is 0 Å². The number of hydrogen-bond acceptors (Lipinski definition) is 3. The topological polar surface area (TPSA) is 35.5 Å². The molecule has 0 aliphatic heterocycles. The maximum Gasteiger partial charge on any atom is 0.449 e. The minimum Gasteiger partial charge on any atom is -0.453 e. The second-order valence-corrected chi connectivity index (χ2v) is 5.97. The van der Waals surface area contributed by atoms with Crippen LogP contribution in [0.25, 0.3) is 0 Å². The Morgan fingerprint density at radius 2 is 0.714 bits per heavy atom. The van der Waals surface area contributed by atoms with Gasteiger partial charge in [-0.2, -0.15) is 43.9 Å². The summed E-state index contributed by atoms with van der Waals surface area (Å²) in [5, 5.41) is 0. The van der Waals surface area contributed by atoms with Gasteiger partial charge >= 0.3 is 23.9 Å². The van der Waals surface area contributed by atoms with Crippen LogP contribution in [0.15, 0.2) is 0 Å². The van der Waals surface area contributed by atoms with Crippen molar-refractivity contribution in [2.24, 2.45) is 0 Å². The summed E-state index contributed by atoms with van der Waals surface area (Å²) in [5.74, 6) is -42.7. The van der Waals surface area contributed by atoms with Crippen molar-refractivity contribution in [2.45, 2.75) is 18.0 Å². The number of rotatable bonds is 4. The lowest BCUT2D eigenvalue weighted by Crippen LogP contribution is -2.67.